The van der Waals surface area contributed by atoms with Gasteiger partial charge in [-0.25, -0.2) is 4.98 Å². The summed E-state index contributed by atoms with van der Waals surface area (Å²) >= 11 is 0. The number of aryl methyl sites for hydroxylation is 2. The lowest BCUT2D eigenvalue weighted by molar-refractivity contribution is -0.124. The van der Waals surface area contributed by atoms with Crippen LogP contribution in [0.4, 0.5) is 0 Å². The van der Waals surface area contributed by atoms with E-state index in [1.807, 2.05) is 0 Å². The van der Waals surface area contributed by atoms with Gasteiger partial charge in [0.05, 0.1) is 16.7 Å². The Kier molecular flexibility index (Phi) is 2.90. The summed E-state index contributed by atoms with van der Waals surface area (Å²) in [4.78, 5) is 17.7. The third-order valence-electron chi connectivity index (χ3n) is 6.07. The number of rotatable bonds is 3. The molecule has 3 aliphatic rings. The van der Waals surface area contributed by atoms with E-state index in [2.05, 4.69) is 47.2 Å². The van der Waals surface area contributed by atoms with Gasteiger partial charge in [0.25, 0.3) is 0 Å². The average molecular weight is 324 g/mol. The van der Waals surface area contributed by atoms with Crippen LogP contribution in [0.15, 0.2) is 18.3 Å². The summed E-state index contributed by atoms with van der Waals surface area (Å²) in [6, 6.07) is 4.30. The largest absolute Gasteiger partial charge is 0.344 e. The highest BCUT2D eigenvalue weighted by molar-refractivity contribution is 5.83. The lowest BCUT2D eigenvalue weighted by atomic mass is 9.99. The Morgan fingerprint density at radius 3 is 2.92 bits per heavy atom. The summed E-state index contributed by atoms with van der Waals surface area (Å²) < 4.78 is 2.19. The maximum absolute atomic E-state index is 12.7. The van der Waals surface area contributed by atoms with Crippen LogP contribution in [0.25, 0.3) is 5.52 Å². The number of carbonyl (C=O) groups excluding carboxylic acids is 1. The van der Waals surface area contributed by atoms with E-state index in [0.717, 1.165) is 38.2 Å². The van der Waals surface area contributed by atoms with E-state index in [1.165, 1.54) is 16.8 Å². The number of fused-ring (bicyclic) bond motifs is 1. The van der Waals surface area contributed by atoms with Crippen molar-refractivity contribution in [2.24, 2.45) is 17.8 Å². The molecule has 2 aromatic rings. The van der Waals surface area contributed by atoms with Gasteiger partial charge in [0.2, 0.25) is 5.91 Å². The molecule has 1 aliphatic heterocycles. The van der Waals surface area contributed by atoms with Gasteiger partial charge in [-0.05, 0) is 69.7 Å². The van der Waals surface area contributed by atoms with Crippen LogP contribution in [0.5, 0.6) is 0 Å². The first-order valence-electron chi connectivity index (χ1n) is 9.08. The molecule has 2 atom stereocenters. The maximum Gasteiger partial charge on any atom is 0.224 e. The highest BCUT2D eigenvalue weighted by Crippen LogP contribution is 2.49. The molecule has 0 bridgehead atoms. The molecule has 5 nitrogen and oxygen atoms in total. The zero-order valence-electron chi connectivity index (χ0n) is 14.3. The Morgan fingerprint density at radius 2 is 2.12 bits per heavy atom. The highest BCUT2D eigenvalue weighted by atomic mass is 16.2. The van der Waals surface area contributed by atoms with Gasteiger partial charge in [0.1, 0.15) is 5.82 Å². The van der Waals surface area contributed by atoms with E-state index >= 15 is 0 Å². The van der Waals surface area contributed by atoms with Crippen LogP contribution in [-0.4, -0.2) is 28.4 Å². The molecule has 5 heteroatoms. The molecule has 1 saturated carbocycles. The van der Waals surface area contributed by atoms with Gasteiger partial charge < -0.3 is 15.0 Å². The van der Waals surface area contributed by atoms with Crippen LogP contribution in [-0.2, 0) is 23.2 Å². The number of hydrogen-bond acceptors (Lipinski definition) is 3. The van der Waals surface area contributed by atoms with Gasteiger partial charge in [-0.1, -0.05) is 6.07 Å². The van der Waals surface area contributed by atoms with Crippen molar-refractivity contribution in [1.29, 1.82) is 0 Å². The molecule has 1 saturated heterocycles. The van der Waals surface area contributed by atoms with Gasteiger partial charge in [-0.3, -0.25) is 4.79 Å². The smallest absolute Gasteiger partial charge is 0.224 e. The molecule has 2 aliphatic carbocycles. The summed E-state index contributed by atoms with van der Waals surface area (Å²) in [7, 11) is 0. The molecule has 0 spiro atoms. The first kappa shape index (κ1) is 14.5. The van der Waals surface area contributed by atoms with E-state index in [-0.39, 0.29) is 11.8 Å². The van der Waals surface area contributed by atoms with E-state index in [0.29, 0.717) is 11.8 Å². The van der Waals surface area contributed by atoms with Crippen molar-refractivity contribution >= 4 is 11.4 Å². The number of piperidine rings is 1. The number of amides is 1. The number of aromatic nitrogens is 2. The molecule has 2 fully saturated rings. The fourth-order valence-corrected chi connectivity index (χ4v) is 4.81. The van der Waals surface area contributed by atoms with Gasteiger partial charge in [-0.2, -0.15) is 0 Å². The van der Waals surface area contributed by atoms with Crippen molar-refractivity contribution < 1.29 is 4.79 Å². The molecule has 0 radical (unpaired) electrons. The van der Waals surface area contributed by atoms with Gasteiger partial charge in [0.15, 0.2) is 0 Å². The lowest BCUT2D eigenvalue weighted by Crippen LogP contribution is -2.44. The zero-order valence-corrected chi connectivity index (χ0v) is 14.3. The van der Waals surface area contributed by atoms with Gasteiger partial charge >= 0.3 is 0 Å². The van der Waals surface area contributed by atoms with Crippen LogP contribution in [0.2, 0.25) is 0 Å². The summed E-state index contributed by atoms with van der Waals surface area (Å²) in [6.07, 6.45) is 5.39. The normalized spacial score (nSPS) is 28.0. The highest BCUT2D eigenvalue weighted by Gasteiger charge is 2.57. The number of carbonyl (C=O) groups is 1. The standard InChI is InChI=1S/C19H24N4O/c1-19(2,22-17(24)15-12-9-20-10-13(12)15)18-21-14-7-3-5-11-6-4-8-23(18)16(11)14/h4,6,8,12-13,15,20H,3,5,7,9-10H2,1-2H3,(H,22,24). The molecule has 2 aromatic heterocycles. The molecule has 5 rings (SSSR count). The van der Waals surface area contributed by atoms with E-state index in [9.17, 15) is 4.79 Å². The Hall–Kier alpha value is -1.88. The minimum absolute atomic E-state index is 0.195. The molecule has 0 aromatic carbocycles. The quantitative estimate of drug-likeness (QED) is 0.902. The van der Waals surface area contributed by atoms with E-state index in [4.69, 9.17) is 4.98 Å². The first-order valence-corrected chi connectivity index (χ1v) is 9.08. The summed E-state index contributed by atoms with van der Waals surface area (Å²) in [5.41, 5.74) is 3.35. The van der Waals surface area contributed by atoms with E-state index < -0.39 is 5.54 Å². The predicted octanol–water partition coefficient (Wildman–Crippen LogP) is 1.64. The second-order valence-corrected chi connectivity index (χ2v) is 8.11. The van der Waals surface area contributed by atoms with Gasteiger partial charge in [0, 0.05) is 12.1 Å². The van der Waals surface area contributed by atoms with Crippen molar-refractivity contribution in [2.75, 3.05) is 13.1 Å². The minimum Gasteiger partial charge on any atom is -0.344 e. The number of nitrogens with one attached hydrogen (secondary N) is 2. The molecule has 2 unspecified atom stereocenters. The van der Waals surface area contributed by atoms with Crippen molar-refractivity contribution in [1.82, 2.24) is 20.0 Å². The lowest BCUT2D eigenvalue weighted by Gasteiger charge is -2.26. The van der Waals surface area contributed by atoms with Crippen LogP contribution < -0.4 is 10.6 Å². The first-order chi connectivity index (χ1) is 11.6. The van der Waals surface area contributed by atoms with Crippen LogP contribution in [0.3, 0.4) is 0 Å². The number of imidazole rings is 1. The molecule has 3 heterocycles. The second-order valence-electron chi connectivity index (χ2n) is 8.11. The zero-order chi connectivity index (χ0) is 16.5. The monoisotopic (exact) mass is 324 g/mol. The fraction of sp³-hybridized carbons (Fsp3) is 0.579. The molecule has 2 N–H and O–H groups in total. The van der Waals surface area contributed by atoms with Crippen molar-refractivity contribution in [2.45, 2.75) is 38.6 Å². The van der Waals surface area contributed by atoms with Gasteiger partial charge in [-0.15, -0.1) is 0 Å². The van der Waals surface area contributed by atoms with Crippen molar-refractivity contribution in [3.63, 3.8) is 0 Å². The second kappa shape index (κ2) is 4.82. The topological polar surface area (TPSA) is 58.4 Å². The maximum atomic E-state index is 12.7. The SMILES string of the molecule is CC(C)(NC(=O)C1C2CNCC21)c1nc2c3c(cccn13)CCC2. The van der Waals surface area contributed by atoms with Crippen molar-refractivity contribution in [3.05, 3.63) is 35.4 Å². The number of pyridine rings is 1. The average Bonchev–Trinajstić information content (AvgIpc) is 2.90. The number of nitrogens with zero attached hydrogens (tertiary/aromatic N) is 2. The Balaban J connectivity index is 1.48. The Morgan fingerprint density at radius 1 is 1.33 bits per heavy atom. The van der Waals surface area contributed by atoms with Crippen LogP contribution >= 0.6 is 0 Å². The predicted molar refractivity (Wildman–Crippen MR) is 91.7 cm³/mol. The Bertz CT molecular complexity index is 827. The third-order valence-corrected chi connectivity index (χ3v) is 6.07. The minimum atomic E-state index is -0.467. The summed E-state index contributed by atoms with van der Waals surface area (Å²) in [6.45, 7) is 6.13. The number of hydrogen-bond donors (Lipinski definition) is 2. The van der Waals surface area contributed by atoms with Crippen molar-refractivity contribution in [3.8, 4) is 0 Å². The fourth-order valence-electron chi connectivity index (χ4n) is 4.81. The molecule has 24 heavy (non-hydrogen) atoms. The van der Waals surface area contributed by atoms with Crippen LogP contribution in [0, 0.1) is 17.8 Å². The molecule has 1 amide bonds. The van der Waals surface area contributed by atoms with E-state index in [1.54, 1.807) is 0 Å². The summed E-state index contributed by atoms with van der Waals surface area (Å²) in [5.74, 6) is 2.43. The summed E-state index contributed by atoms with van der Waals surface area (Å²) in [5, 5.41) is 6.64. The third kappa shape index (κ3) is 1.97. The molecular weight excluding hydrogens is 300 g/mol. The molecular formula is C19H24N4O. The molecule has 126 valence electrons. The Labute approximate surface area is 141 Å². The van der Waals surface area contributed by atoms with Crippen LogP contribution in [0.1, 0.15) is 37.4 Å².